The number of unbranched alkanes of at least 4 members (excludes halogenated alkanes) is 1. The van der Waals surface area contributed by atoms with Gasteiger partial charge in [0.2, 0.25) is 0 Å². The largest absolute Gasteiger partial charge is 0.389 e. The average molecular weight is 272 g/mol. The van der Waals surface area contributed by atoms with Gasteiger partial charge in [-0.3, -0.25) is 4.68 Å². The third-order valence-electron chi connectivity index (χ3n) is 3.78. The number of hydrogen-bond acceptors (Lipinski definition) is 2. The van der Waals surface area contributed by atoms with Gasteiger partial charge in [0.05, 0.1) is 11.8 Å². The molecule has 0 radical (unpaired) electrons. The lowest BCUT2D eigenvalue weighted by Gasteiger charge is -2.07. The van der Waals surface area contributed by atoms with Gasteiger partial charge in [0, 0.05) is 17.8 Å². The minimum absolute atomic E-state index is 0.437. The Hall–Kier alpha value is -1.61. The molecule has 20 heavy (non-hydrogen) atoms. The van der Waals surface area contributed by atoms with Gasteiger partial charge in [-0.1, -0.05) is 30.3 Å². The number of hydrogen-bond donors (Lipinski definition) is 1. The van der Waals surface area contributed by atoms with Crippen molar-refractivity contribution in [3.8, 4) is 0 Å². The summed E-state index contributed by atoms with van der Waals surface area (Å²) in [7, 11) is 0. The molecule has 3 heteroatoms. The molecule has 2 aromatic rings. The van der Waals surface area contributed by atoms with Crippen molar-refractivity contribution in [1.29, 1.82) is 0 Å². The van der Waals surface area contributed by atoms with E-state index in [9.17, 15) is 5.11 Å². The van der Waals surface area contributed by atoms with E-state index >= 15 is 0 Å². The van der Waals surface area contributed by atoms with Crippen LogP contribution in [0.25, 0.3) is 0 Å². The van der Waals surface area contributed by atoms with Crippen molar-refractivity contribution >= 4 is 0 Å². The number of nitrogens with zero attached hydrogens (tertiary/aromatic N) is 2. The third kappa shape index (κ3) is 3.48. The highest BCUT2D eigenvalue weighted by Gasteiger charge is 2.14. The number of benzene rings is 1. The number of aryl methyl sites for hydroxylation is 3. The molecule has 0 aliphatic heterocycles. The first-order chi connectivity index (χ1) is 9.59. The maximum Gasteiger partial charge on any atom is 0.0797 e. The van der Waals surface area contributed by atoms with E-state index in [0.29, 0.717) is 0 Å². The number of aromatic nitrogens is 2. The summed E-state index contributed by atoms with van der Waals surface area (Å²) in [4.78, 5) is 0. The fourth-order valence-corrected chi connectivity index (χ4v) is 2.77. The van der Waals surface area contributed by atoms with E-state index in [2.05, 4.69) is 35.4 Å². The molecule has 1 aromatic carbocycles. The molecular formula is C17H24N2O. The predicted octanol–water partition coefficient (Wildman–Crippen LogP) is 3.58. The van der Waals surface area contributed by atoms with Gasteiger partial charge < -0.3 is 5.11 Å². The van der Waals surface area contributed by atoms with E-state index in [-0.39, 0.29) is 0 Å². The first-order valence-corrected chi connectivity index (χ1v) is 7.35. The third-order valence-corrected chi connectivity index (χ3v) is 3.78. The molecule has 0 spiro atoms. The van der Waals surface area contributed by atoms with Crippen LogP contribution in [0, 0.1) is 13.8 Å². The Morgan fingerprint density at radius 2 is 1.85 bits per heavy atom. The fraction of sp³-hybridized carbons (Fsp3) is 0.471. The Morgan fingerprint density at radius 3 is 2.45 bits per heavy atom. The van der Waals surface area contributed by atoms with Gasteiger partial charge in [0.25, 0.3) is 0 Å². The molecule has 0 fully saturated rings. The Morgan fingerprint density at radius 1 is 1.15 bits per heavy atom. The molecule has 1 aromatic heterocycles. The molecule has 1 unspecified atom stereocenters. The second kappa shape index (κ2) is 6.71. The van der Waals surface area contributed by atoms with Crippen LogP contribution >= 0.6 is 0 Å². The molecule has 2 rings (SSSR count). The first-order valence-electron chi connectivity index (χ1n) is 7.35. The normalized spacial score (nSPS) is 12.6. The molecule has 0 amide bonds. The van der Waals surface area contributed by atoms with Crippen LogP contribution in [0.2, 0.25) is 0 Å². The predicted molar refractivity (Wildman–Crippen MR) is 81.7 cm³/mol. The molecule has 108 valence electrons. The van der Waals surface area contributed by atoms with Crippen molar-refractivity contribution in [3.63, 3.8) is 0 Å². The minimum Gasteiger partial charge on any atom is -0.389 e. The minimum atomic E-state index is -0.437. The average Bonchev–Trinajstić information content (AvgIpc) is 2.71. The quantitative estimate of drug-likeness (QED) is 0.816. The molecule has 3 nitrogen and oxygen atoms in total. The Kier molecular flexibility index (Phi) is 4.96. The van der Waals surface area contributed by atoms with E-state index in [4.69, 9.17) is 0 Å². The molecule has 0 saturated heterocycles. The Bertz CT molecular complexity index is 544. The van der Waals surface area contributed by atoms with Crippen LogP contribution in [0.3, 0.4) is 0 Å². The molecular weight excluding hydrogens is 248 g/mol. The molecule has 1 heterocycles. The van der Waals surface area contributed by atoms with Crippen molar-refractivity contribution in [2.75, 3.05) is 0 Å². The highest BCUT2D eigenvalue weighted by Crippen LogP contribution is 2.21. The summed E-state index contributed by atoms with van der Waals surface area (Å²) in [5.41, 5.74) is 4.41. The molecule has 1 atom stereocenters. The smallest absolute Gasteiger partial charge is 0.0797 e. The van der Waals surface area contributed by atoms with Crippen molar-refractivity contribution < 1.29 is 5.11 Å². The monoisotopic (exact) mass is 272 g/mol. The summed E-state index contributed by atoms with van der Waals surface area (Å²) in [6.45, 7) is 6.73. The molecule has 0 saturated carbocycles. The van der Waals surface area contributed by atoms with Crippen molar-refractivity contribution in [1.82, 2.24) is 9.78 Å². The molecule has 0 aliphatic carbocycles. The zero-order valence-electron chi connectivity index (χ0n) is 12.6. The van der Waals surface area contributed by atoms with Crippen molar-refractivity contribution in [2.45, 2.75) is 52.7 Å². The number of rotatable bonds is 6. The lowest BCUT2D eigenvalue weighted by molar-refractivity contribution is 0.197. The summed E-state index contributed by atoms with van der Waals surface area (Å²) in [5.74, 6) is 0. The van der Waals surface area contributed by atoms with Crippen LogP contribution in [0.5, 0.6) is 0 Å². The van der Waals surface area contributed by atoms with Crippen molar-refractivity contribution in [3.05, 3.63) is 52.8 Å². The Labute approximate surface area is 121 Å². The van der Waals surface area contributed by atoms with Gasteiger partial charge in [0.15, 0.2) is 0 Å². The SMILES string of the molecule is Cc1nn(CCCCc2ccccc2)c(C)c1C(C)O. The van der Waals surface area contributed by atoms with Gasteiger partial charge in [-0.15, -0.1) is 0 Å². The van der Waals surface area contributed by atoms with E-state index in [1.165, 1.54) is 5.56 Å². The van der Waals surface area contributed by atoms with Crippen LogP contribution in [-0.2, 0) is 13.0 Å². The maximum atomic E-state index is 9.77. The van der Waals surface area contributed by atoms with Gasteiger partial charge in [-0.2, -0.15) is 5.10 Å². The zero-order chi connectivity index (χ0) is 14.5. The molecule has 1 N–H and O–H groups in total. The molecule has 0 aliphatic rings. The summed E-state index contributed by atoms with van der Waals surface area (Å²) in [6, 6.07) is 10.6. The standard InChI is InChI=1S/C17H24N2O/c1-13-17(15(3)20)14(2)19(18-13)12-8-7-11-16-9-5-4-6-10-16/h4-6,9-10,15,20H,7-8,11-12H2,1-3H3. The summed E-state index contributed by atoms with van der Waals surface area (Å²) in [5, 5.41) is 14.3. The van der Waals surface area contributed by atoms with Crippen molar-refractivity contribution in [2.24, 2.45) is 0 Å². The lowest BCUT2D eigenvalue weighted by atomic mass is 10.1. The van der Waals surface area contributed by atoms with Crippen LogP contribution in [0.15, 0.2) is 30.3 Å². The molecule has 0 bridgehead atoms. The first kappa shape index (κ1) is 14.8. The van der Waals surface area contributed by atoms with Gasteiger partial charge in [0.1, 0.15) is 0 Å². The van der Waals surface area contributed by atoms with Crippen LogP contribution in [0.1, 0.15) is 48.4 Å². The van der Waals surface area contributed by atoms with Gasteiger partial charge in [-0.05, 0) is 45.6 Å². The second-order valence-electron chi connectivity index (χ2n) is 5.43. The van der Waals surface area contributed by atoms with Crippen LogP contribution in [-0.4, -0.2) is 14.9 Å². The van der Waals surface area contributed by atoms with Gasteiger partial charge in [-0.25, -0.2) is 0 Å². The van der Waals surface area contributed by atoms with Crippen LogP contribution < -0.4 is 0 Å². The highest BCUT2D eigenvalue weighted by atomic mass is 16.3. The van der Waals surface area contributed by atoms with E-state index in [1.807, 2.05) is 18.5 Å². The zero-order valence-corrected chi connectivity index (χ0v) is 12.6. The van der Waals surface area contributed by atoms with Gasteiger partial charge >= 0.3 is 0 Å². The summed E-state index contributed by atoms with van der Waals surface area (Å²) < 4.78 is 2.03. The van der Waals surface area contributed by atoms with Crippen LogP contribution in [0.4, 0.5) is 0 Å². The number of aliphatic hydroxyl groups excluding tert-OH is 1. The highest BCUT2D eigenvalue weighted by molar-refractivity contribution is 5.26. The number of aliphatic hydroxyl groups is 1. The van der Waals surface area contributed by atoms with E-state index < -0.39 is 6.10 Å². The summed E-state index contributed by atoms with van der Waals surface area (Å²) >= 11 is 0. The topological polar surface area (TPSA) is 38.0 Å². The second-order valence-corrected chi connectivity index (χ2v) is 5.43. The maximum absolute atomic E-state index is 9.77. The Balaban J connectivity index is 1.87. The van der Waals surface area contributed by atoms with E-state index in [1.54, 1.807) is 6.92 Å². The van der Waals surface area contributed by atoms with E-state index in [0.717, 1.165) is 42.8 Å². The summed E-state index contributed by atoms with van der Waals surface area (Å²) in [6.07, 6.45) is 2.94. The fourth-order valence-electron chi connectivity index (χ4n) is 2.77. The lowest BCUT2D eigenvalue weighted by Crippen LogP contribution is -2.04.